The summed E-state index contributed by atoms with van der Waals surface area (Å²) < 4.78 is 5.09. The van der Waals surface area contributed by atoms with Gasteiger partial charge in [0.25, 0.3) is 5.91 Å². The summed E-state index contributed by atoms with van der Waals surface area (Å²) >= 11 is 5.84. The smallest absolute Gasteiger partial charge is 0.341 e. The Morgan fingerprint density at radius 2 is 2.09 bits per heavy atom. The van der Waals surface area contributed by atoms with Crippen molar-refractivity contribution in [3.8, 4) is 0 Å². The van der Waals surface area contributed by atoms with Gasteiger partial charge in [0.1, 0.15) is 5.15 Å². The Labute approximate surface area is 138 Å². The van der Waals surface area contributed by atoms with Crippen LogP contribution in [-0.2, 0) is 16.0 Å². The fourth-order valence-electron chi connectivity index (χ4n) is 2.76. The number of pyridine rings is 1. The topological polar surface area (TPSA) is 59.5 Å². The van der Waals surface area contributed by atoms with Crippen molar-refractivity contribution in [3.63, 3.8) is 0 Å². The normalized spacial score (nSPS) is 16.1. The molecule has 1 aliphatic heterocycles. The van der Waals surface area contributed by atoms with Crippen molar-refractivity contribution >= 4 is 29.2 Å². The molecule has 5 nitrogen and oxygen atoms in total. The summed E-state index contributed by atoms with van der Waals surface area (Å²) in [4.78, 5) is 29.9. The molecule has 1 aliphatic rings. The molecule has 2 aromatic rings. The van der Waals surface area contributed by atoms with Crippen LogP contribution in [-0.4, -0.2) is 29.5 Å². The molecule has 3 rings (SSSR count). The van der Waals surface area contributed by atoms with Crippen molar-refractivity contribution in [1.82, 2.24) is 4.98 Å². The van der Waals surface area contributed by atoms with Gasteiger partial charge in [-0.1, -0.05) is 29.8 Å². The molecule has 1 atom stereocenters. The largest absolute Gasteiger partial charge is 0.452 e. The third-order valence-corrected chi connectivity index (χ3v) is 4.08. The van der Waals surface area contributed by atoms with Gasteiger partial charge in [-0.05, 0) is 37.1 Å². The van der Waals surface area contributed by atoms with Crippen molar-refractivity contribution < 1.29 is 14.3 Å². The zero-order valence-electron chi connectivity index (χ0n) is 12.5. The number of nitrogens with zero attached hydrogens (tertiary/aromatic N) is 2. The van der Waals surface area contributed by atoms with E-state index in [1.165, 1.54) is 12.3 Å². The van der Waals surface area contributed by atoms with Crippen LogP contribution in [0.3, 0.4) is 0 Å². The Morgan fingerprint density at radius 3 is 2.87 bits per heavy atom. The second-order valence-electron chi connectivity index (χ2n) is 5.36. The molecule has 0 aliphatic carbocycles. The van der Waals surface area contributed by atoms with Gasteiger partial charge >= 0.3 is 5.97 Å². The lowest BCUT2D eigenvalue weighted by molar-refractivity contribution is -0.122. The van der Waals surface area contributed by atoms with E-state index in [1.54, 1.807) is 11.0 Å². The predicted octanol–water partition coefficient (Wildman–Crippen LogP) is 2.87. The van der Waals surface area contributed by atoms with Crippen molar-refractivity contribution in [2.45, 2.75) is 19.4 Å². The molecule has 0 radical (unpaired) electrons. The minimum absolute atomic E-state index is 0.0422. The van der Waals surface area contributed by atoms with Crippen LogP contribution in [0.4, 0.5) is 5.69 Å². The molecule has 2 heterocycles. The van der Waals surface area contributed by atoms with Gasteiger partial charge in [0.15, 0.2) is 6.61 Å². The highest BCUT2D eigenvalue weighted by Gasteiger charge is 2.31. The quantitative estimate of drug-likeness (QED) is 0.641. The monoisotopic (exact) mass is 330 g/mol. The molecule has 0 N–H and O–H groups in total. The van der Waals surface area contributed by atoms with Crippen LogP contribution < -0.4 is 4.90 Å². The van der Waals surface area contributed by atoms with Gasteiger partial charge < -0.3 is 9.64 Å². The van der Waals surface area contributed by atoms with Gasteiger partial charge in [-0.2, -0.15) is 0 Å². The molecule has 0 spiro atoms. The Kier molecular flexibility index (Phi) is 4.30. The number of rotatable bonds is 3. The number of anilines is 1. The number of esters is 1. The number of carbonyl (C=O) groups is 2. The number of hydrogen-bond donors (Lipinski definition) is 0. The molecule has 1 aromatic carbocycles. The number of carbonyl (C=O) groups excluding carboxylic acids is 2. The Hall–Kier alpha value is -2.40. The van der Waals surface area contributed by atoms with Gasteiger partial charge in [-0.15, -0.1) is 0 Å². The highest BCUT2D eigenvalue weighted by Crippen LogP contribution is 2.31. The number of benzene rings is 1. The minimum Gasteiger partial charge on any atom is -0.452 e. The first-order valence-corrected chi connectivity index (χ1v) is 7.63. The summed E-state index contributed by atoms with van der Waals surface area (Å²) in [6, 6.07) is 10.9. The maximum absolute atomic E-state index is 12.4. The van der Waals surface area contributed by atoms with Crippen molar-refractivity contribution in [2.24, 2.45) is 0 Å². The summed E-state index contributed by atoms with van der Waals surface area (Å²) in [7, 11) is 0. The van der Waals surface area contributed by atoms with Gasteiger partial charge in [-0.25, -0.2) is 9.78 Å². The fraction of sp³-hybridized carbons (Fsp3) is 0.235. The lowest BCUT2D eigenvalue weighted by atomic mass is 10.1. The first-order chi connectivity index (χ1) is 11.1. The van der Waals surface area contributed by atoms with Crippen LogP contribution in [0.15, 0.2) is 42.6 Å². The van der Waals surface area contributed by atoms with Crippen LogP contribution >= 0.6 is 11.6 Å². The Bertz CT molecular complexity index is 763. The maximum atomic E-state index is 12.4. The summed E-state index contributed by atoms with van der Waals surface area (Å²) in [6.07, 6.45) is 2.28. The van der Waals surface area contributed by atoms with Gasteiger partial charge in [0.05, 0.1) is 5.56 Å². The molecule has 6 heteroatoms. The van der Waals surface area contributed by atoms with Crippen molar-refractivity contribution in [1.29, 1.82) is 0 Å². The number of aromatic nitrogens is 1. The van der Waals surface area contributed by atoms with E-state index in [9.17, 15) is 9.59 Å². The number of para-hydroxylation sites is 1. The fourth-order valence-corrected chi connectivity index (χ4v) is 2.95. The second-order valence-corrected chi connectivity index (χ2v) is 5.72. The number of amides is 1. The SMILES string of the molecule is C[C@H]1Cc2ccccc2N1C(=O)COC(=O)c1cccnc1Cl. The van der Waals surface area contributed by atoms with E-state index in [2.05, 4.69) is 4.98 Å². The molecule has 0 saturated carbocycles. The number of halogens is 1. The van der Waals surface area contributed by atoms with Gasteiger partial charge in [0.2, 0.25) is 0 Å². The van der Waals surface area contributed by atoms with Gasteiger partial charge in [0, 0.05) is 17.9 Å². The Balaban J connectivity index is 1.69. The third kappa shape index (κ3) is 3.05. The highest BCUT2D eigenvalue weighted by atomic mass is 35.5. The zero-order valence-corrected chi connectivity index (χ0v) is 13.3. The van der Waals surface area contributed by atoms with Crippen LogP contribution in [0, 0.1) is 0 Å². The number of ether oxygens (including phenoxy) is 1. The summed E-state index contributed by atoms with van der Waals surface area (Å²) in [5, 5.41) is 0.0600. The van der Waals surface area contributed by atoms with Crippen LogP contribution in [0.25, 0.3) is 0 Å². The summed E-state index contributed by atoms with van der Waals surface area (Å²) in [6.45, 7) is 1.64. The number of fused-ring (bicyclic) bond motifs is 1. The standard InChI is InChI=1S/C17H15ClN2O3/c1-11-9-12-5-2-3-7-14(12)20(11)15(21)10-23-17(22)13-6-4-8-19-16(13)18/h2-8,11H,9-10H2,1H3/t11-/m0/s1. The van der Waals surface area contributed by atoms with E-state index >= 15 is 0 Å². The molecule has 23 heavy (non-hydrogen) atoms. The molecular weight excluding hydrogens is 316 g/mol. The first-order valence-electron chi connectivity index (χ1n) is 7.25. The molecule has 1 aromatic heterocycles. The molecule has 118 valence electrons. The van der Waals surface area contributed by atoms with E-state index in [0.29, 0.717) is 0 Å². The zero-order chi connectivity index (χ0) is 16.4. The average molecular weight is 331 g/mol. The summed E-state index contributed by atoms with van der Waals surface area (Å²) in [5.74, 6) is -0.910. The Morgan fingerprint density at radius 1 is 1.30 bits per heavy atom. The average Bonchev–Trinajstić information content (AvgIpc) is 2.88. The van der Waals surface area contributed by atoms with Crippen LogP contribution in [0.5, 0.6) is 0 Å². The molecule has 0 bridgehead atoms. The molecule has 1 amide bonds. The molecule has 0 unspecified atom stereocenters. The molecular formula is C17H15ClN2O3. The van der Waals surface area contributed by atoms with Crippen molar-refractivity contribution in [2.75, 3.05) is 11.5 Å². The predicted molar refractivity (Wildman–Crippen MR) is 86.6 cm³/mol. The maximum Gasteiger partial charge on any atom is 0.341 e. The first kappa shape index (κ1) is 15.5. The van der Waals surface area contributed by atoms with E-state index in [4.69, 9.17) is 16.3 Å². The van der Waals surface area contributed by atoms with E-state index < -0.39 is 5.97 Å². The second kappa shape index (κ2) is 6.38. The number of hydrogen-bond acceptors (Lipinski definition) is 4. The van der Waals surface area contributed by atoms with Gasteiger partial charge in [-0.3, -0.25) is 4.79 Å². The third-order valence-electron chi connectivity index (χ3n) is 3.78. The van der Waals surface area contributed by atoms with Crippen molar-refractivity contribution in [3.05, 3.63) is 58.9 Å². The van der Waals surface area contributed by atoms with E-state index in [1.807, 2.05) is 31.2 Å². The lowest BCUT2D eigenvalue weighted by Gasteiger charge is -2.22. The van der Waals surface area contributed by atoms with Crippen LogP contribution in [0.1, 0.15) is 22.8 Å². The van der Waals surface area contributed by atoms with Crippen LogP contribution in [0.2, 0.25) is 5.15 Å². The lowest BCUT2D eigenvalue weighted by Crippen LogP contribution is -2.38. The minimum atomic E-state index is -0.656. The molecule has 0 saturated heterocycles. The van der Waals surface area contributed by atoms with E-state index in [0.717, 1.165) is 17.7 Å². The molecule has 0 fully saturated rings. The summed E-state index contributed by atoms with van der Waals surface area (Å²) in [5.41, 5.74) is 2.15. The highest BCUT2D eigenvalue weighted by molar-refractivity contribution is 6.32. The van der Waals surface area contributed by atoms with E-state index in [-0.39, 0.29) is 29.3 Å².